The Labute approximate surface area is 127 Å². The molecule has 0 aliphatic heterocycles. The summed E-state index contributed by atoms with van der Waals surface area (Å²) in [7, 11) is 0. The number of benzene rings is 2. The molecule has 0 unspecified atom stereocenters. The Hall–Kier alpha value is -2.46. The Morgan fingerprint density at radius 3 is 2.52 bits per heavy atom. The van der Waals surface area contributed by atoms with E-state index in [9.17, 15) is 4.79 Å². The van der Waals surface area contributed by atoms with E-state index in [1.54, 1.807) is 23.0 Å². The summed E-state index contributed by atoms with van der Waals surface area (Å²) in [6.45, 7) is 1.83. The van der Waals surface area contributed by atoms with Gasteiger partial charge in [0.25, 0.3) is 0 Å². The van der Waals surface area contributed by atoms with Crippen molar-refractivity contribution in [3.8, 4) is 16.8 Å². The van der Waals surface area contributed by atoms with Crippen LogP contribution in [0.3, 0.4) is 0 Å². The van der Waals surface area contributed by atoms with Gasteiger partial charge in [0, 0.05) is 11.1 Å². The zero-order chi connectivity index (χ0) is 14.8. The number of carbonyl (C=O) groups excluding carboxylic acids is 1. The Balaban J connectivity index is 2.38. The predicted octanol–water partition coefficient (Wildman–Crippen LogP) is 3.71. The SMILES string of the molecule is Cc1nncn1-c1c(C=O)ccc(Cl)c1-c1ccccc1. The molecule has 0 aliphatic carbocycles. The maximum absolute atomic E-state index is 11.4. The fourth-order valence-electron chi connectivity index (χ4n) is 2.33. The summed E-state index contributed by atoms with van der Waals surface area (Å²) in [5.41, 5.74) is 2.98. The van der Waals surface area contributed by atoms with Crippen LogP contribution in [0.25, 0.3) is 16.8 Å². The van der Waals surface area contributed by atoms with Gasteiger partial charge in [0.05, 0.1) is 10.7 Å². The largest absolute Gasteiger partial charge is 0.298 e. The first-order chi connectivity index (χ1) is 10.2. The molecule has 4 nitrogen and oxygen atoms in total. The number of aldehydes is 1. The van der Waals surface area contributed by atoms with E-state index in [4.69, 9.17) is 11.6 Å². The van der Waals surface area contributed by atoms with Crippen molar-refractivity contribution in [2.24, 2.45) is 0 Å². The lowest BCUT2D eigenvalue weighted by molar-refractivity contribution is 0.112. The summed E-state index contributed by atoms with van der Waals surface area (Å²) in [5.74, 6) is 0.692. The van der Waals surface area contributed by atoms with Gasteiger partial charge >= 0.3 is 0 Å². The Bertz CT molecular complexity index is 797. The number of rotatable bonds is 3. The lowest BCUT2D eigenvalue weighted by atomic mass is 10.00. The number of aryl methyl sites for hydroxylation is 1. The number of hydrogen-bond acceptors (Lipinski definition) is 3. The van der Waals surface area contributed by atoms with Crippen molar-refractivity contribution in [1.82, 2.24) is 14.8 Å². The highest BCUT2D eigenvalue weighted by molar-refractivity contribution is 6.34. The first-order valence-corrected chi connectivity index (χ1v) is 6.80. The molecule has 3 rings (SSSR count). The van der Waals surface area contributed by atoms with Crippen LogP contribution in [-0.2, 0) is 0 Å². The third kappa shape index (κ3) is 2.34. The second kappa shape index (κ2) is 5.50. The van der Waals surface area contributed by atoms with Crippen LogP contribution in [0.2, 0.25) is 5.02 Å². The molecule has 0 aliphatic rings. The molecular formula is C16H12ClN3O. The van der Waals surface area contributed by atoms with Crippen LogP contribution in [-0.4, -0.2) is 21.1 Å². The molecule has 1 heterocycles. The van der Waals surface area contributed by atoms with Crippen molar-refractivity contribution >= 4 is 17.9 Å². The third-order valence-corrected chi connectivity index (χ3v) is 3.62. The fraction of sp³-hybridized carbons (Fsp3) is 0.0625. The summed E-state index contributed by atoms with van der Waals surface area (Å²) in [6.07, 6.45) is 2.40. The van der Waals surface area contributed by atoms with E-state index in [1.807, 2.05) is 37.3 Å². The van der Waals surface area contributed by atoms with Crippen molar-refractivity contribution in [3.05, 3.63) is 65.2 Å². The molecule has 104 valence electrons. The minimum atomic E-state index is 0.543. The van der Waals surface area contributed by atoms with E-state index >= 15 is 0 Å². The second-order valence-corrected chi connectivity index (χ2v) is 5.00. The van der Waals surface area contributed by atoms with Crippen LogP contribution in [0, 0.1) is 6.92 Å². The summed E-state index contributed by atoms with van der Waals surface area (Å²) >= 11 is 6.39. The van der Waals surface area contributed by atoms with E-state index in [0.29, 0.717) is 22.1 Å². The van der Waals surface area contributed by atoms with Crippen LogP contribution >= 0.6 is 11.6 Å². The number of carbonyl (C=O) groups is 1. The van der Waals surface area contributed by atoms with Gasteiger partial charge in [-0.2, -0.15) is 0 Å². The Kier molecular flexibility index (Phi) is 3.54. The first-order valence-electron chi connectivity index (χ1n) is 6.42. The molecule has 0 spiro atoms. The summed E-state index contributed by atoms with van der Waals surface area (Å²) < 4.78 is 1.78. The minimum absolute atomic E-state index is 0.543. The number of nitrogens with zero attached hydrogens (tertiary/aromatic N) is 3. The first kappa shape index (κ1) is 13.5. The summed E-state index contributed by atoms with van der Waals surface area (Å²) in [6, 6.07) is 13.2. The normalized spacial score (nSPS) is 10.6. The van der Waals surface area contributed by atoms with E-state index in [-0.39, 0.29) is 0 Å². The van der Waals surface area contributed by atoms with Crippen LogP contribution in [0.1, 0.15) is 16.2 Å². The van der Waals surface area contributed by atoms with Gasteiger partial charge in [-0.3, -0.25) is 9.36 Å². The standard InChI is InChI=1S/C16H12ClN3O/c1-11-19-18-10-20(11)16-13(9-21)7-8-14(17)15(16)12-5-3-2-4-6-12/h2-10H,1H3. The lowest BCUT2D eigenvalue weighted by Crippen LogP contribution is -2.03. The molecule has 0 atom stereocenters. The molecule has 0 saturated heterocycles. The molecule has 0 saturated carbocycles. The lowest BCUT2D eigenvalue weighted by Gasteiger charge is -2.15. The molecule has 0 N–H and O–H groups in total. The number of aromatic nitrogens is 3. The van der Waals surface area contributed by atoms with E-state index < -0.39 is 0 Å². The van der Waals surface area contributed by atoms with Gasteiger partial charge in [-0.25, -0.2) is 0 Å². The van der Waals surface area contributed by atoms with Crippen LogP contribution in [0.4, 0.5) is 0 Å². The second-order valence-electron chi connectivity index (χ2n) is 4.59. The third-order valence-electron chi connectivity index (χ3n) is 3.31. The summed E-state index contributed by atoms with van der Waals surface area (Å²) in [4.78, 5) is 11.4. The number of hydrogen-bond donors (Lipinski definition) is 0. The molecule has 1 aromatic heterocycles. The average Bonchev–Trinajstić information content (AvgIpc) is 2.93. The van der Waals surface area contributed by atoms with Gasteiger partial charge in [0.15, 0.2) is 6.29 Å². The zero-order valence-corrected chi connectivity index (χ0v) is 12.1. The highest BCUT2D eigenvalue weighted by Gasteiger charge is 2.17. The highest BCUT2D eigenvalue weighted by atomic mass is 35.5. The minimum Gasteiger partial charge on any atom is -0.298 e. The molecule has 2 aromatic carbocycles. The van der Waals surface area contributed by atoms with Crippen molar-refractivity contribution in [2.75, 3.05) is 0 Å². The molecule has 0 bridgehead atoms. The Morgan fingerprint density at radius 1 is 1.14 bits per heavy atom. The van der Waals surface area contributed by atoms with Gasteiger partial charge in [0.1, 0.15) is 12.2 Å². The van der Waals surface area contributed by atoms with Gasteiger partial charge in [-0.15, -0.1) is 10.2 Å². The molecule has 5 heteroatoms. The van der Waals surface area contributed by atoms with Gasteiger partial charge in [-0.1, -0.05) is 41.9 Å². The fourth-order valence-corrected chi connectivity index (χ4v) is 2.59. The van der Waals surface area contributed by atoms with E-state index in [0.717, 1.165) is 17.4 Å². The maximum atomic E-state index is 11.4. The van der Waals surface area contributed by atoms with Gasteiger partial charge in [0.2, 0.25) is 0 Å². The van der Waals surface area contributed by atoms with Crippen molar-refractivity contribution < 1.29 is 4.79 Å². The van der Waals surface area contributed by atoms with Crippen molar-refractivity contribution in [2.45, 2.75) is 6.92 Å². The topological polar surface area (TPSA) is 47.8 Å². The molecule has 0 radical (unpaired) electrons. The molecule has 0 amide bonds. The van der Waals surface area contributed by atoms with E-state index in [2.05, 4.69) is 10.2 Å². The van der Waals surface area contributed by atoms with Crippen LogP contribution < -0.4 is 0 Å². The highest BCUT2D eigenvalue weighted by Crippen LogP contribution is 2.35. The quantitative estimate of drug-likeness (QED) is 0.692. The zero-order valence-electron chi connectivity index (χ0n) is 11.3. The van der Waals surface area contributed by atoms with Crippen LogP contribution in [0.5, 0.6) is 0 Å². The average molecular weight is 298 g/mol. The molecule has 21 heavy (non-hydrogen) atoms. The van der Waals surface area contributed by atoms with Crippen molar-refractivity contribution in [1.29, 1.82) is 0 Å². The van der Waals surface area contributed by atoms with Crippen LogP contribution in [0.15, 0.2) is 48.8 Å². The van der Waals surface area contributed by atoms with Crippen molar-refractivity contribution in [3.63, 3.8) is 0 Å². The Morgan fingerprint density at radius 2 is 1.90 bits per heavy atom. The monoisotopic (exact) mass is 297 g/mol. The predicted molar refractivity (Wildman–Crippen MR) is 81.9 cm³/mol. The smallest absolute Gasteiger partial charge is 0.152 e. The molecular weight excluding hydrogens is 286 g/mol. The summed E-state index contributed by atoms with van der Waals surface area (Å²) in [5, 5.41) is 8.46. The van der Waals surface area contributed by atoms with E-state index in [1.165, 1.54) is 0 Å². The maximum Gasteiger partial charge on any atom is 0.152 e. The number of halogens is 1. The van der Waals surface area contributed by atoms with Gasteiger partial charge in [-0.05, 0) is 24.6 Å². The van der Waals surface area contributed by atoms with Gasteiger partial charge < -0.3 is 0 Å². The molecule has 3 aromatic rings. The molecule has 0 fully saturated rings.